The highest BCUT2D eigenvalue weighted by Crippen LogP contribution is 2.24. The monoisotopic (exact) mass is 353 g/mol. The van der Waals surface area contributed by atoms with Gasteiger partial charge < -0.3 is 5.32 Å². The van der Waals surface area contributed by atoms with Crippen molar-refractivity contribution in [2.45, 2.75) is 20.4 Å². The molecule has 0 amide bonds. The highest BCUT2D eigenvalue weighted by Gasteiger charge is 2.08. The number of nitrogens with zero attached hydrogens (tertiary/aromatic N) is 4. The van der Waals surface area contributed by atoms with E-state index in [-0.39, 0.29) is 0 Å². The molecule has 0 fully saturated rings. The molecule has 0 aliphatic carbocycles. The summed E-state index contributed by atoms with van der Waals surface area (Å²) in [5.41, 5.74) is 6.73. The van der Waals surface area contributed by atoms with Crippen LogP contribution in [0.25, 0.3) is 16.8 Å². The fourth-order valence-electron chi connectivity index (χ4n) is 3.15. The molecule has 0 aliphatic rings. The van der Waals surface area contributed by atoms with Crippen molar-refractivity contribution < 1.29 is 0 Å². The van der Waals surface area contributed by atoms with E-state index in [9.17, 15) is 5.26 Å². The zero-order chi connectivity index (χ0) is 18.8. The van der Waals surface area contributed by atoms with Gasteiger partial charge in [-0.1, -0.05) is 42.5 Å². The van der Waals surface area contributed by atoms with E-state index >= 15 is 0 Å². The van der Waals surface area contributed by atoms with Gasteiger partial charge in [0.25, 0.3) is 0 Å². The number of hydrogen-bond acceptors (Lipinski definition) is 4. The molecule has 0 unspecified atom stereocenters. The summed E-state index contributed by atoms with van der Waals surface area (Å²) < 4.78 is 1.83. The molecule has 0 spiro atoms. The maximum absolute atomic E-state index is 9.28. The van der Waals surface area contributed by atoms with Crippen molar-refractivity contribution in [3.05, 3.63) is 83.2 Å². The molecular weight excluding hydrogens is 334 g/mol. The van der Waals surface area contributed by atoms with Gasteiger partial charge in [0.2, 0.25) is 0 Å². The third-order valence-electron chi connectivity index (χ3n) is 4.56. The van der Waals surface area contributed by atoms with Gasteiger partial charge in [-0.05, 0) is 36.6 Å². The van der Waals surface area contributed by atoms with E-state index in [4.69, 9.17) is 0 Å². The Morgan fingerprint density at radius 1 is 1.07 bits per heavy atom. The van der Waals surface area contributed by atoms with Gasteiger partial charge in [-0.15, -0.1) is 0 Å². The molecule has 0 aliphatic heterocycles. The van der Waals surface area contributed by atoms with Crippen LogP contribution < -0.4 is 5.32 Å². The first-order valence-electron chi connectivity index (χ1n) is 8.80. The summed E-state index contributed by atoms with van der Waals surface area (Å²) in [7, 11) is 0. The zero-order valence-corrected chi connectivity index (χ0v) is 15.3. The van der Waals surface area contributed by atoms with E-state index in [1.165, 1.54) is 0 Å². The standard InChI is InChI=1S/C22H19N5/c1-15-13-25-27-21(11-16(2)26-22(15)27)24-14-17-7-9-18(10-8-17)20-6-4-3-5-19(20)12-23/h3-11,13,24H,14H2,1-2H3. The van der Waals surface area contributed by atoms with Crippen molar-refractivity contribution in [3.8, 4) is 17.2 Å². The lowest BCUT2D eigenvalue weighted by molar-refractivity contribution is 0.917. The Morgan fingerprint density at radius 3 is 2.63 bits per heavy atom. The molecule has 4 aromatic rings. The number of benzene rings is 2. The lowest BCUT2D eigenvalue weighted by atomic mass is 9.99. The second kappa shape index (κ2) is 6.93. The Hall–Kier alpha value is -3.65. The Bertz CT molecular complexity index is 1150. The Kier molecular flexibility index (Phi) is 4.31. The lowest BCUT2D eigenvalue weighted by Gasteiger charge is -2.10. The first kappa shape index (κ1) is 16.8. The van der Waals surface area contributed by atoms with E-state index in [0.717, 1.165) is 39.4 Å². The molecule has 2 aromatic heterocycles. The molecule has 2 aromatic carbocycles. The number of nitriles is 1. The lowest BCUT2D eigenvalue weighted by Crippen LogP contribution is -2.06. The largest absolute Gasteiger partial charge is 0.366 e. The van der Waals surface area contributed by atoms with Crippen molar-refractivity contribution in [3.63, 3.8) is 0 Å². The maximum Gasteiger partial charge on any atom is 0.160 e. The summed E-state index contributed by atoms with van der Waals surface area (Å²) in [6.07, 6.45) is 1.83. The fourth-order valence-corrected chi connectivity index (χ4v) is 3.15. The first-order valence-corrected chi connectivity index (χ1v) is 8.80. The van der Waals surface area contributed by atoms with E-state index in [2.05, 4.69) is 45.7 Å². The predicted molar refractivity (Wildman–Crippen MR) is 106 cm³/mol. The maximum atomic E-state index is 9.28. The molecular formula is C22H19N5. The number of aromatic nitrogens is 3. The number of anilines is 1. The quantitative estimate of drug-likeness (QED) is 0.587. The SMILES string of the molecule is Cc1cc(NCc2ccc(-c3ccccc3C#N)cc2)n2ncc(C)c2n1. The molecule has 1 N–H and O–H groups in total. The van der Waals surface area contributed by atoms with Gasteiger partial charge in [0.15, 0.2) is 5.65 Å². The molecule has 5 nitrogen and oxygen atoms in total. The summed E-state index contributed by atoms with van der Waals surface area (Å²) in [5, 5.41) is 17.1. The van der Waals surface area contributed by atoms with Crippen LogP contribution >= 0.6 is 0 Å². The highest BCUT2D eigenvalue weighted by atomic mass is 15.3. The average Bonchev–Trinajstić information content (AvgIpc) is 3.07. The van der Waals surface area contributed by atoms with Crippen molar-refractivity contribution in [2.75, 3.05) is 5.32 Å². The van der Waals surface area contributed by atoms with Crippen LogP contribution in [-0.2, 0) is 6.54 Å². The summed E-state index contributed by atoms with van der Waals surface area (Å²) in [5.74, 6) is 0.921. The fraction of sp³-hybridized carbons (Fsp3) is 0.136. The van der Waals surface area contributed by atoms with Gasteiger partial charge in [-0.25, -0.2) is 4.98 Å². The Morgan fingerprint density at radius 2 is 1.85 bits per heavy atom. The van der Waals surface area contributed by atoms with Crippen LogP contribution in [0.5, 0.6) is 0 Å². The molecule has 0 bridgehead atoms. The second-order valence-electron chi connectivity index (χ2n) is 6.55. The topological polar surface area (TPSA) is 66.0 Å². The van der Waals surface area contributed by atoms with Gasteiger partial charge in [-0.2, -0.15) is 14.9 Å². The van der Waals surface area contributed by atoms with Crippen LogP contribution in [0.4, 0.5) is 5.82 Å². The van der Waals surface area contributed by atoms with Crippen LogP contribution in [0, 0.1) is 25.2 Å². The molecule has 132 valence electrons. The molecule has 2 heterocycles. The number of fused-ring (bicyclic) bond motifs is 1. The molecule has 5 heteroatoms. The summed E-state index contributed by atoms with van der Waals surface area (Å²) >= 11 is 0. The van der Waals surface area contributed by atoms with Crippen molar-refractivity contribution in [2.24, 2.45) is 0 Å². The van der Waals surface area contributed by atoms with Crippen LogP contribution in [0.2, 0.25) is 0 Å². The molecule has 0 atom stereocenters. The normalized spacial score (nSPS) is 10.7. The molecule has 0 saturated carbocycles. The molecule has 0 saturated heterocycles. The van der Waals surface area contributed by atoms with Gasteiger partial charge in [0.05, 0.1) is 17.8 Å². The van der Waals surface area contributed by atoms with Crippen LogP contribution in [0.1, 0.15) is 22.4 Å². The van der Waals surface area contributed by atoms with Crippen LogP contribution in [0.15, 0.2) is 60.8 Å². The smallest absolute Gasteiger partial charge is 0.160 e. The number of rotatable bonds is 4. The highest BCUT2D eigenvalue weighted by molar-refractivity contribution is 5.70. The third kappa shape index (κ3) is 3.25. The van der Waals surface area contributed by atoms with Crippen LogP contribution in [-0.4, -0.2) is 14.6 Å². The minimum absolute atomic E-state index is 0.678. The summed E-state index contributed by atoms with van der Waals surface area (Å²) in [6, 6.07) is 20.2. The molecule has 0 radical (unpaired) electrons. The number of aryl methyl sites for hydroxylation is 2. The van der Waals surface area contributed by atoms with E-state index in [0.29, 0.717) is 12.1 Å². The zero-order valence-electron chi connectivity index (χ0n) is 15.3. The van der Waals surface area contributed by atoms with E-state index < -0.39 is 0 Å². The molecule has 4 rings (SSSR count). The van der Waals surface area contributed by atoms with Gasteiger partial charge >= 0.3 is 0 Å². The number of nitrogens with one attached hydrogen (secondary N) is 1. The van der Waals surface area contributed by atoms with Crippen molar-refractivity contribution >= 4 is 11.5 Å². The minimum atomic E-state index is 0.678. The van der Waals surface area contributed by atoms with Gasteiger partial charge in [-0.3, -0.25) is 0 Å². The van der Waals surface area contributed by atoms with Crippen molar-refractivity contribution in [1.29, 1.82) is 5.26 Å². The number of hydrogen-bond donors (Lipinski definition) is 1. The van der Waals surface area contributed by atoms with Crippen LogP contribution in [0.3, 0.4) is 0 Å². The predicted octanol–water partition coefficient (Wildman–Crippen LogP) is 4.50. The minimum Gasteiger partial charge on any atom is -0.366 e. The first-order chi connectivity index (χ1) is 13.2. The average molecular weight is 353 g/mol. The second-order valence-corrected chi connectivity index (χ2v) is 6.55. The Labute approximate surface area is 157 Å². The Balaban J connectivity index is 1.56. The van der Waals surface area contributed by atoms with Crippen molar-refractivity contribution in [1.82, 2.24) is 14.6 Å². The van der Waals surface area contributed by atoms with E-state index in [1.54, 1.807) is 0 Å². The summed E-state index contributed by atoms with van der Waals surface area (Å²) in [4.78, 5) is 4.55. The van der Waals surface area contributed by atoms with E-state index in [1.807, 2.05) is 54.9 Å². The van der Waals surface area contributed by atoms with Gasteiger partial charge in [0, 0.05) is 23.9 Å². The van der Waals surface area contributed by atoms with Gasteiger partial charge in [0.1, 0.15) is 5.82 Å². The molecule has 27 heavy (non-hydrogen) atoms. The summed E-state index contributed by atoms with van der Waals surface area (Å²) in [6.45, 7) is 4.67. The third-order valence-corrected chi connectivity index (χ3v) is 4.56.